The van der Waals surface area contributed by atoms with Crippen molar-refractivity contribution in [2.24, 2.45) is 0 Å². The van der Waals surface area contributed by atoms with E-state index >= 15 is 0 Å². The summed E-state index contributed by atoms with van der Waals surface area (Å²) in [5.74, 6) is 0. The van der Waals surface area contributed by atoms with Crippen LogP contribution in [0.15, 0.2) is 0 Å². The molecular formula is C8H16P2. The monoisotopic (exact) mass is 174 g/mol. The summed E-state index contributed by atoms with van der Waals surface area (Å²) in [5, 5.41) is 0. The highest BCUT2D eigenvalue weighted by atomic mass is 32.1. The van der Waals surface area contributed by atoms with Gasteiger partial charge in [-0.25, -0.2) is 0 Å². The summed E-state index contributed by atoms with van der Waals surface area (Å²) in [6, 6.07) is 0. The minimum atomic E-state index is 0.619. The van der Waals surface area contributed by atoms with E-state index in [2.05, 4.69) is 0 Å². The van der Waals surface area contributed by atoms with E-state index in [9.17, 15) is 0 Å². The molecule has 2 saturated heterocycles. The van der Waals surface area contributed by atoms with Crippen LogP contribution in [0.25, 0.3) is 0 Å². The van der Waals surface area contributed by atoms with Crippen molar-refractivity contribution in [3.63, 3.8) is 0 Å². The Morgan fingerprint density at radius 2 is 0.800 bits per heavy atom. The van der Waals surface area contributed by atoms with Gasteiger partial charge in [-0.3, -0.25) is 0 Å². The fourth-order valence-electron chi connectivity index (χ4n) is 1.97. The van der Waals surface area contributed by atoms with Crippen LogP contribution in [0.2, 0.25) is 0 Å². The van der Waals surface area contributed by atoms with Crippen LogP contribution in [-0.2, 0) is 0 Å². The maximum Gasteiger partial charge on any atom is -0.0287 e. The summed E-state index contributed by atoms with van der Waals surface area (Å²) in [5.41, 5.74) is 0. The molecule has 10 heavy (non-hydrogen) atoms. The zero-order valence-electron chi connectivity index (χ0n) is 6.55. The molecule has 2 aliphatic heterocycles. The normalized spacial score (nSPS) is 40.8. The van der Waals surface area contributed by atoms with Crippen molar-refractivity contribution in [2.75, 3.05) is 24.6 Å². The van der Waals surface area contributed by atoms with Crippen LogP contribution in [0, 0.1) is 0 Å². The second kappa shape index (κ2) is 3.51. The molecule has 0 aromatic carbocycles. The van der Waals surface area contributed by atoms with E-state index in [1.807, 2.05) is 0 Å². The average Bonchev–Trinajstić information content (AvgIpc) is 2.05. The highest BCUT2D eigenvalue weighted by Gasteiger charge is 2.25. The molecule has 2 heterocycles. The first kappa shape index (κ1) is 7.51. The summed E-state index contributed by atoms with van der Waals surface area (Å²) in [7, 11) is 1.24. The molecule has 0 aromatic heterocycles. The zero-order valence-corrected chi connectivity index (χ0v) is 8.34. The molecule has 2 fully saturated rings. The first-order valence-electron chi connectivity index (χ1n) is 4.46. The van der Waals surface area contributed by atoms with E-state index in [1.165, 1.54) is 0 Å². The van der Waals surface area contributed by atoms with E-state index in [0.717, 1.165) is 0 Å². The molecule has 0 unspecified atom stereocenters. The molecular weight excluding hydrogens is 158 g/mol. The zero-order chi connectivity index (χ0) is 6.81. The average molecular weight is 174 g/mol. The lowest BCUT2D eigenvalue weighted by Gasteiger charge is -2.36. The van der Waals surface area contributed by atoms with E-state index in [0.29, 0.717) is 15.2 Å². The molecule has 0 bridgehead atoms. The summed E-state index contributed by atoms with van der Waals surface area (Å²) < 4.78 is 0. The van der Waals surface area contributed by atoms with Crippen molar-refractivity contribution in [1.29, 1.82) is 0 Å². The number of hydrogen-bond acceptors (Lipinski definition) is 0. The maximum absolute atomic E-state index is 1.65. The Hall–Kier alpha value is 0.860. The van der Waals surface area contributed by atoms with Gasteiger partial charge in [0.25, 0.3) is 0 Å². The van der Waals surface area contributed by atoms with Gasteiger partial charge in [0.1, 0.15) is 0 Å². The molecule has 0 N–H and O–H groups in total. The van der Waals surface area contributed by atoms with Gasteiger partial charge in [0, 0.05) is 0 Å². The van der Waals surface area contributed by atoms with Crippen molar-refractivity contribution < 1.29 is 0 Å². The van der Waals surface area contributed by atoms with Gasteiger partial charge in [-0.15, -0.1) is 0 Å². The largest absolute Gasteiger partial charge is 0.0810 e. The molecule has 0 saturated carbocycles. The number of rotatable bonds is 0. The van der Waals surface area contributed by atoms with Gasteiger partial charge in [-0.05, 0) is 50.3 Å². The summed E-state index contributed by atoms with van der Waals surface area (Å²) in [6.45, 7) is 0. The minimum absolute atomic E-state index is 0.619. The van der Waals surface area contributed by atoms with E-state index in [1.54, 1.807) is 50.3 Å². The molecule has 58 valence electrons. The molecule has 0 spiro atoms. The Labute approximate surface area is 66.2 Å². The Morgan fingerprint density at radius 3 is 1.10 bits per heavy atom. The number of fused-ring (bicyclic) bond motifs is 1. The predicted molar refractivity (Wildman–Crippen MR) is 51.8 cm³/mol. The minimum Gasteiger partial charge on any atom is -0.0810 e. The first-order valence-corrected chi connectivity index (χ1v) is 8.59. The highest BCUT2D eigenvalue weighted by molar-refractivity contribution is 8.30. The van der Waals surface area contributed by atoms with Gasteiger partial charge in [0.05, 0.1) is 0 Å². The molecule has 0 atom stereocenters. The fourth-order valence-corrected chi connectivity index (χ4v) is 11.0. The fraction of sp³-hybridized carbons (Fsp3) is 1.00. The van der Waals surface area contributed by atoms with Crippen molar-refractivity contribution in [2.45, 2.75) is 25.7 Å². The van der Waals surface area contributed by atoms with Crippen LogP contribution in [0.4, 0.5) is 0 Å². The van der Waals surface area contributed by atoms with Crippen LogP contribution in [0.5, 0.6) is 0 Å². The standard InChI is InChI=1S/C8H16P2/c1-2-6-10-8-4-3-7-9(10)5-1/h1-8H2. The Kier molecular flexibility index (Phi) is 2.63. The molecule has 2 aliphatic rings. The van der Waals surface area contributed by atoms with E-state index in [4.69, 9.17) is 0 Å². The molecule has 0 aliphatic carbocycles. The van der Waals surface area contributed by atoms with Crippen molar-refractivity contribution in [3.05, 3.63) is 0 Å². The van der Waals surface area contributed by atoms with Crippen LogP contribution in [-0.4, -0.2) is 24.6 Å². The van der Waals surface area contributed by atoms with Gasteiger partial charge in [0.2, 0.25) is 0 Å². The SMILES string of the molecule is C1CCP2CCCCP2C1. The lowest BCUT2D eigenvalue weighted by atomic mass is 10.4. The molecule has 0 nitrogen and oxygen atoms in total. The summed E-state index contributed by atoms with van der Waals surface area (Å²) >= 11 is 0. The van der Waals surface area contributed by atoms with E-state index in [-0.39, 0.29) is 0 Å². The van der Waals surface area contributed by atoms with Crippen LogP contribution >= 0.6 is 15.2 Å². The Morgan fingerprint density at radius 1 is 0.500 bits per heavy atom. The highest BCUT2D eigenvalue weighted by Crippen LogP contribution is 2.73. The molecule has 2 heteroatoms. The third kappa shape index (κ3) is 1.54. The third-order valence-electron chi connectivity index (χ3n) is 2.56. The van der Waals surface area contributed by atoms with Crippen molar-refractivity contribution >= 4 is 15.2 Å². The van der Waals surface area contributed by atoms with Gasteiger partial charge in [-0.2, -0.15) is 0 Å². The Bertz CT molecular complexity index is 87.8. The van der Waals surface area contributed by atoms with Crippen LogP contribution in [0.1, 0.15) is 25.7 Å². The summed E-state index contributed by atoms with van der Waals surface area (Å²) in [6.07, 6.45) is 12.9. The van der Waals surface area contributed by atoms with Gasteiger partial charge >= 0.3 is 0 Å². The topological polar surface area (TPSA) is 0 Å². The van der Waals surface area contributed by atoms with Gasteiger partial charge < -0.3 is 0 Å². The van der Waals surface area contributed by atoms with Gasteiger partial charge in [0.15, 0.2) is 0 Å². The van der Waals surface area contributed by atoms with Crippen LogP contribution in [0.3, 0.4) is 0 Å². The lowest BCUT2D eigenvalue weighted by Crippen LogP contribution is -2.07. The van der Waals surface area contributed by atoms with Crippen molar-refractivity contribution in [1.82, 2.24) is 0 Å². The molecule has 0 radical (unpaired) electrons. The van der Waals surface area contributed by atoms with Crippen LogP contribution < -0.4 is 0 Å². The number of hydrogen-bond donors (Lipinski definition) is 0. The van der Waals surface area contributed by atoms with Crippen molar-refractivity contribution in [3.8, 4) is 0 Å². The third-order valence-corrected chi connectivity index (χ3v) is 11.5. The van der Waals surface area contributed by atoms with E-state index < -0.39 is 0 Å². The second-order valence-corrected chi connectivity index (χ2v) is 10.5. The molecule has 2 rings (SSSR count). The van der Waals surface area contributed by atoms with Gasteiger partial charge in [-0.1, -0.05) is 15.2 Å². The maximum atomic E-state index is 1.65. The quantitative estimate of drug-likeness (QED) is 0.493. The molecule has 0 aromatic rings. The lowest BCUT2D eigenvalue weighted by molar-refractivity contribution is 0.844. The Balaban J connectivity index is 1.93. The smallest absolute Gasteiger partial charge is 0.0287 e. The molecule has 0 amide bonds. The summed E-state index contributed by atoms with van der Waals surface area (Å²) in [4.78, 5) is 0. The predicted octanol–water partition coefficient (Wildman–Crippen LogP) is 3.45. The second-order valence-electron chi connectivity index (χ2n) is 3.32. The first-order chi connectivity index (χ1) is 4.97.